The van der Waals surface area contributed by atoms with Gasteiger partial charge in [0.25, 0.3) is 5.91 Å². The summed E-state index contributed by atoms with van der Waals surface area (Å²) in [5, 5.41) is 10.9. The first-order chi connectivity index (χ1) is 12.7. The third-order valence-corrected chi connectivity index (χ3v) is 6.07. The summed E-state index contributed by atoms with van der Waals surface area (Å²) in [5.41, 5.74) is 1.76. The predicted molar refractivity (Wildman–Crippen MR) is 110 cm³/mol. The van der Waals surface area contributed by atoms with E-state index in [0.717, 1.165) is 0 Å². The Morgan fingerprint density at radius 1 is 1.19 bits per heavy atom. The molecule has 1 heterocycles. The number of nitrogens with one attached hydrogen (secondary N) is 1. The van der Waals surface area contributed by atoms with Crippen molar-refractivity contribution in [1.29, 1.82) is 0 Å². The van der Waals surface area contributed by atoms with Crippen molar-refractivity contribution in [3.8, 4) is 0 Å². The normalized spacial score (nSPS) is 12.5. The minimum atomic E-state index is -0.327. The Morgan fingerprint density at radius 2 is 1.85 bits per heavy atom. The Morgan fingerprint density at radius 3 is 2.41 bits per heavy atom. The van der Waals surface area contributed by atoms with E-state index in [1.807, 2.05) is 19.1 Å². The number of benzene rings is 1. The van der Waals surface area contributed by atoms with E-state index in [1.54, 1.807) is 19.1 Å². The van der Waals surface area contributed by atoms with Crippen molar-refractivity contribution >= 4 is 40.1 Å². The number of carbonyl (C=O) groups is 2. The molecule has 0 aliphatic carbocycles. The van der Waals surface area contributed by atoms with Gasteiger partial charge < -0.3 is 4.74 Å². The smallest absolute Gasteiger partial charge is 0.319 e. The van der Waals surface area contributed by atoms with E-state index in [-0.39, 0.29) is 22.5 Å². The van der Waals surface area contributed by atoms with Crippen LogP contribution in [0, 0.1) is 0 Å². The van der Waals surface area contributed by atoms with Gasteiger partial charge in [-0.15, -0.1) is 10.2 Å². The molecule has 0 spiro atoms. The molecular formula is C19H25N3O3S2. The van der Waals surface area contributed by atoms with Crippen LogP contribution < -0.4 is 5.32 Å². The van der Waals surface area contributed by atoms with Crippen molar-refractivity contribution in [2.45, 2.75) is 56.0 Å². The maximum atomic E-state index is 12.4. The zero-order valence-corrected chi connectivity index (χ0v) is 17.9. The van der Waals surface area contributed by atoms with E-state index < -0.39 is 0 Å². The molecule has 8 heteroatoms. The van der Waals surface area contributed by atoms with Gasteiger partial charge in [0, 0.05) is 5.56 Å². The Hall–Kier alpha value is -1.93. The van der Waals surface area contributed by atoms with Crippen molar-refractivity contribution in [3.05, 3.63) is 35.4 Å². The topological polar surface area (TPSA) is 81.2 Å². The first-order valence-corrected chi connectivity index (χ1v) is 10.5. The van der Waals surface area contributed by atoms with Crippen LogP contribution in [0.5, 0.6) is 0 Å². The molecule has 1 amide bonds. The predicted octanol–water partition coefficient (Wildman–Crippen LogP) is 4.52. The largest absolute Gasteiger partial charge is 0.465 e. The van der Waals surface area contributed by atoms with Crippen molar-refractivity contribution in [2.75, 3.05) is 11.9 Å². The summed E-state index contributed by atoms with van der Waals surface area (Å²) in [6.45, 7) is 10.4. The number of aromatic nitrogens is 2. The second-order valence-electron chi connectivity index (χ2n) is 6.92. The lowest BCUT2D eigenvalue weighted by Gasteiger charge is -2.18. The Kier molecular flexibility index (Phi) is 7.38. The van der Waals surface area contributed by atoms with Gasteiger partial charge in [0.1, 0.15) is 5.25 Å². The van der Waals surface area contributed by atoms with Gasteiger partial charge >= 0.3 is 5.97 Å². The van der Waals surface area contributed by atoms with Gasteiger partial charge in [0.05, 0.1) is 6.61 Å². The fraction of sp³-hybridized carbons (Fsp3) is 0.474. The van der Waals surface area contributed by atoms with E-state index in [2.05, 4.69) is 36.3 Å². The van der Waals surface area contributed by atoms with E-state index in [1.165, 1.54) is 28.7 Å². The van der Waals surface area contributed by atoms with Crippen LogP contribution in [0.3, 0.4) is 0 Å². The molecule has 0 aliphatic rings. The highest BCUT2D eigenvalue weighted by molar-refractivity contribution is 8.02. The Bertz CT molecular complexity index is 782. The van der Waals surface area contributed by atoms with E-state index in [9.17, 15) is 9.59 Å². The number of rotatable bonds is 7. The number of ether oxygens (including phenoxy) is 1. The molecule has 1 atom stereocenters. The van der Waals surface area contributed by atoms with Crippen LogP contribution in [0.15, 0.2) is 28.6 Å². The maximum absolute atomic E-state index is 12.4. The summed E-state index contributed by atoms with van der Waals surface area (Å²) in [6, 6.07) is 7.53. The van der Waals surface area contributed by atoms with Gasteiger partial charge in [-0.25, -0.2) is 0 Å². The lowest BCUT2D eigenvalue weighted by molar-refractivity contribution is -0.142. The molecule has 0 saturated heterocycles. The van der Waals surface area contributed by atoms with Crippen LogP contribution in [0.4, 0.5) is 5.13 Å². The van der Waals surface area contributed by atoms with Gasteiger partial charge in [0.15, 0.2) is 4.34 Å². The average molecular weight is 408 g/mol. The molecule has 0 bridgehead atoms. The van der Waals surface area contributed by atoms with Crippen molar-refractivity contribution in [1.82, 2.24) is 10.2 Å². The van der Waals surface area contributed by atoms with Gasteiger partial charge in [-0.2, -0.15) is 0 Å². The summed E-state index contributed by atoms with van der Waals surface area (Å²) in [7, 11) is 0. The van der Waals surface area contributed by atoms with Crippen LogP contribution in [0.25, 0.3) is 0 Å². The molecule has 0 saturated carbocycles. The van der Waals surface area contributed by atoms with Gasteiger partial charge in [-0.3, -0.25) is 14.9 Å². The first kappa shape index (κ1) is 21.4. The lowest BCUT2D eigenvalue weighted by Crippen LogP contribution is -2.19. The number of amides is 1. The fourth-order valence-corrected chi connectivity index (χ4v) is 4.17. The number of carbonyl (C=O) groups excluding carboxylic acids is 2. The van der Waals surface area contributed by atoms with Gasteiger partial charge in [0.2, 0.25) is 5.13 Å². The average Bonchev–Trinajstić information content (AvgIpc) is 3.06. The lowest BCUT2D eigenvalue weighted by atomic mass is 9.87. The zero-order valence-electron chi connectivity index (χ0n) is 16.2. The Balaban J connectivity index is 2.00. The number of thioether (sulfide) groups is 1. The fourth-order valence-electron chi connectivity index (χ4n) is 2.25. The van der Waals surface area contributed by atoms with Crippen LogP contribution in [0.1, 0.15) is 57.0 Å². The van der Waals surface area contributed by atoms with Crippen LogP contribution in [-0.4, -0.2) is 33.9 Å². The third kappa shape index (κ3) is 6.04. The summed E-state index contributed by atoms with van der Waals surface area (Å²) >= 11 is 2.55. The summed E-state index contributed by atoms with van der Waals surface area (Å²) in [4.78, 5) is 24.3. The number of hydrogen-bond acceptors (Lipinski definition) is 7. The summed E-state index contributed by atoms with van der Waals surface area (Å²) in [6.07, 6.45) is 0.630. The van der Waals surface area contributed by atoms with E-state index >= 15 is 0 Å². The minimum Gasteiger partial charge on any atom is -0.465 e. The highest BCUT2D eigenvalue weighted by atomic mass is 32.2. The second-order valence-corrected chi connectivity index (χ2v) is 9.35. The van der Waals surface area contributed by atoms with Crippen molar-refractivity contribution in [3.63, 3.8) is 0 Å². The summed E-state index contributed by atoms with van der Waals surface area (Å²) < 4.78 is 5.68. The molecule has 1 N–H and O–H groups in total. The Labute approximate surface area is 168 Å². The number of anilines is 1. The number of esters is 1. The van der Waals surface area contributed by atoms with Crippen LogP contribution in [0.2, 0.25) is 0 Å². The minimum absolute atomic E-state index is 0.0368. The second kappa shape index (κ2) is 9.32. The molecule has 0 unspecified atom stereocenters. The highest BCUT2D eigenvalue weighted by Gasteiger charge is 2.22. The molecule has 2 rings (SSSR count). The van der Waals surface area contributed by atoms with Crippen LogP contribution in [-0.2, 0) is 14.9 Å². The molecule has 0 radical (unpaired) electrons. The van der Waals surface area contributed by atoms with E-state index in [4.69, 9.17) is 4.74 Å². The monoisotopic (exact) mass is 407 g/mol. The molecule has 27 heavy (non-hydrogen) atoms. The van der Waals surface area contributed by atoms with Crippen LogP contribution >= 0.6 is 23.1 Å². The molecular weight excluding hydrogens is 382 g/mol. The molecule has 6 nitrogen and oxygen atoms in total. The summed E-state index contributed by atoms with van der Waals surface area (Å²) in [5.74, 6) is -0.495. The maximum Gasteiger partial charge on any atom is 0.319 e. The molecule has 2 aromatic rings. The van der Waals surface area contributed by atoms with E-state index in [0.29, 0.717) is 28.1 Å². The van der Waals surface area contributed by atoms with Gasteiger partial charge in [-0.1, -0.05) is 62.9 Å². The molecule has 1 aromatic carbocycles. The zero-order chi connectivity index (χ0) is 20.0. The standard InChI is InChI=1S/C19H25N3O3S2/c1-6-14(16(24)25-7-2)26-18-22-21-17(27-18)20-15(23)12-8-10-13(11-9-12)19(3,4)5/h8-11,14H,6-7H2,1-5H3,(H,20,21,23)/t14-/m0/s1. The van der Waals surface area contributed by atoms with Gasteiger partial charge in [-0.05, 0) is 36.5 Å². The highest BCUT2D eigenvalue weighted by Crippen LogP contribution is 2.31. The van der Waals surface area contributed by atoms with Crippen molar-refractivity contribution in [2.24, 2.45) is 0 Å². The molecule has 146 valence electrons. The molecule has 0 aliphatic heterocycles. The SMILES string of the molecule is CCOC(=O)[C@H](CC)Sc1nnc(NC(=O)c2ccc(C(C)(C)C)cc2)s1. The number of hydrogen-bond donors (Lipinski definition) is 1. The van der Waals surface area contributed by atoms with Crippen molar-refractivity contribution < 1.29 is 14.3 Å². The quantitative estimate of drug-likeness (QED) is 0.413. The molecule has 1 aromatic heterocycles. The number of nitrogens with zero attached hydrogens (tertiary/aromatic N) is 2. The molecule has 0 fully saturated rings. The first-order valence-electron chi connectivity index (χ1n) is 8.83. The third-order valence-electron chi connectivity index (χ3n) is 3.80.